The molecule has 4 atom stereocenters. The van der Waals surface area contributed by atoms with Gasteiger partial charge in [0.05, 0.1) is 19.8 Å². The van der Waals surface area contributed by atoms with E-state index in [1.54, 1.807) is 0 Å². The van der Waals surface area contributed by atoms with E-state index in [-0.39, 0.29) is 24.0 Å². The van der Waals surface area contributed by atoms with Crippen LogP contribution in [0.3, 0.4) is 0 Å². The lowest BCUT2D eigenvalue weighted by molar-refractivity contribution is -0.273. The lowest BCUT2D eigenvalue weighted by atomic mass is 10.00. The molecule has 1 fully saturated rings. The van der Waals surface area contributed by atoms with Crippen LogP contribution >= 0.6 is 0 Å². The van der Waals surface area contributed by atoms with E-state index in [0.29, 0.717) is 13.2 Å². The quantitative estimate of drug-likeness (QED) is 0.121. The van der Waals surface area contributed by atoms with Crippen LogP contribution in [0.5, 0.6) is 0 Å². The minimum atomic E-state index is -2.94. The van der Waals surface area contributed by atoms with Crippen molar-refractivity contribution in [3.05, 3.63) is 132 Å². The van der Waals surface area contributed by atoms with E-state index >= 15 is 0 Å². The molecular formula is C41H52O6Si2. The third-order valence-corrected chi connectivity index (χ3v) is 15.7. The summed E-state index contributed by atoms with van der Waals surface area (Å²) in [6.45, 7) is 14.8. The summed E-state index contributed by atoms with van der Waals surface area (Å²) in [6, 6.07) is 41.7. The largest absolute Gasteiger partial charge is 0.404 e. The highest BCUT2D eigenvalue weighted by molar-refractivity contribution is 6.99. The molecule has 0 aromatic heterocycles. The fourth-order valence-electron chi connectivity index (χ4n) is 6.36. The Kier molecular flexibility index (Phi) is 12.6. The molecule has 0 saturated carbocycles. The van der Waals surface area contributed by atoms with E-state index in [9.17, 15) is 4.79 Å². The van der Waals surface area contributed by atoms with Crippen LogP contribution in [0.15, 0.2) is 121 Å². The average Bonchev–Trinajstić information content (AvgIpc) is 3.09. The van der Waals surface area contributed by atoms with Crippen LogP contribution in [0.4, 0.5) is 0 Å². The maximum Gasteiger partial charge on any atom is 0.261 e. The number of Topliss-reactive ketones (excluding diaryl/α,β-unsaturated/α-hetero) is 1. The van der Waals surface area contributed by atoms with E-state index in [1.165, 1.54) is 0 Å². The summed E-state index contributed by atoms with van der Waals surface area (Å²) in [6.07, 6.45) is -3.40. The monoisotopic (exact) mass is 696 g/mol. The first-order valence-electron chi connectivity index (χ1n) is 17.3. The minimum Gasteiger partial charge on any atom is -0.404 e. The molecule has 8 heteroatoms. The highest BCUT2D eigenvalue weighted by Gasteiger charge is 2.53. The second-order valence-electron chi connectivity index (χ2n) is 15.0. The molecule has 49 heavy (non-hydrogen) atoms. The second-order valence-corrected chi connectivity index (χ2v) is 25.0. The molecular weight excluding hydrogens is 645 g/mol. The van der Waals surface area contributed by atoms with Crippen molar-refractivity contribution in [2.24, 2.45) is 0 Å². The summed E-state index contributed by atoms with van der Waals surface area (Å²) < 4.78 is 33.3. The SMILES string of the molecule is CC(C)(C)[Si](OC[C@H]1O[C@@H](OCC[Si](C)(C)C)[C@H](OCc2ccccc2)[C@@H](OCc2ccccc2)C1=O)(c1ccccc1)c1ccccc1. The molecule has 4 aromatic carbocycles. The normalized spacial score (nSPS) is 20.3. The van der Waals surface area contributed by atoms with Gasteiger partial charge in [-0.25, -0.2) is 0 Å². The lowest BCUT2D eigenvalue weighted by Crippen LogP contribution is -2.68. The molecule has 4 aromatic rings. The van der Waals surface area contributed by atoms with Crippen LogP contribution < -0.4 is 10.4 Å². The van der Waals surface area contributed by atoms with E-state index in [2.05, 4.69) is 88.9 Å². The fourth-order valence-corrected chi connectivity index (χ4v) is 11.7. The standard InChI is InChI=1S/C41H52O6Si2/c1-41(2,3)49(34-23-15-9-16-24-34,35-25-17-10-18-26-35)46-31-36-37(42)38(44-29-32-19-11-7-12-20-32)39(45-30-33-21-13-8-14-22-33)40(47-36)43-27-28-48(4,5)6/h7-26,36,38-40H,27-31H2,1-6H3/t36-,38+,39-,40-/m1/s1. The van der Waals surface area contributed by atoms with Gasteiger partial charge in [-0.1, -0.05) is 162 Å². The summed E-state index contributed by atoms with van der Waals surface area (Å²) in [4.78, 5) is 14.5. The van der Waals surface area contributed by atoms with Crippen LogP contribution in [0, 0.1) is 0 Å². The van der Waals surface area contributed by atoms with E-state index in [4.69, 9.17) is 23.4 Å². The van der Waals surface area contributed by atoms with E-state index in [0.717, 1.165) is 27.5 Å². The molecule has 1 aliphatic heterocycles. The van der Waals surface area contributed by atoms with E-state index < -0.39 is 41.0 Å². The Balaban J connectivity index is 1.48. The molecule has 260 valence electrons. The summed E-state index contributed by atoms with van der Waals surface area (Å²) in [5.41, 5.74) is 1.97. The van der Waals surface area contributed by atoms with Crippen LogP contribution in [-0.2, 0) is 41.4 Å². The molecule has 1 saturated heterocycles. The summed E-state index contributed by atoms with van der Waals surface area (Å²) in [7, 11) is -4.36. The predicted octanol–water partition coefficient (Wildman–Crippen LogP) is 7.38. The molecule has 0 bridgehead atoms. The maximum absolute atomic E-state index is 14.5. The molecule has 0 spiro atoms. The van der Waals surface area contributed by atoms with Gasteiger partial charge in [0.25, 0.3) is 8.32 Å². The van der Waals surface area contributed by atoms with Crippen molar-refractivity contribution in [1.82, 2.24) is 0 Å². The zero-order valence-electron chi connectivity index (χ0n) is 29.8. The zero-order valence-corrected chi connectivity index (χ0v) is 31.8. The molecule has 0 amide bonds. The van der Waals surface area contributed by atoms with Crippen molar-refractivity contribution in [1.29, 1.82) is 0 Å². The smallest absolute Gasteiger partial charge is 0.261 e. The van der Waals surface area contributed by atoms with Crippen LogP contribution in [0.25, 0.3) is 0 Å². The molecule has 1 aliphatic rings. The van der Waals surface area contributed by atoms with Gasteiger partial charge in [-0.3, -0.25) is 4.79 Å². The lowest BCUT2D eigenvalue weighted by Gasteiger charge is -2.45. The van der Waals surface area contributed by atoms with Gasteiger partial charge in [0.1, 0.15) is 12.2 Å². The highest BCUT2D eigenvalue weighted by Crippen LogP contribution is 2.37. The summed E-state index contributed by atoms with van der Waals surface area (Å²) >= 11 is 0. The topological polar surface area (TPSA) is 63.2 Å². The zero-order chi connectivity index (χ0) is 34.9. The van der Waals surface area contributed by atoms with E-state index in [1.807, 2.05) is 72.8 Å². The Bertz CT molecular complexity index is 1530. The van der Waals surface area contributed by atoms with Crippen LogP contribution in [0.2, 0.25) is 30.7 Å². The second kappa shape index (κ2) is 16.7. The van der Waals surface area contributed by atoms with Gasteiger partial charge in [0, 0.05) is 14.7 Å². The molecule has 6 nitrogen and oxygen atoms in total. The first kappa shape index (κ1) is 37.0. The third kappa shape index (κ3) is 9.52. The number of ketones is 1. The molecule has 5 rings (SSSR count). The van der Waals surface area contributed by atoms with Gasteiger partial charge in [-0.2, -0.15) is 0 Å². The number of ether oxygens (including phenoxy) is 4. The molecule has 0 N–H and O–H groups in total. The van der Waals surface area contributed by atoms with Gasteiger partial charge in [0.15, 0.2) is 18.2 Å². The number of benzene rings is 4. The van der Waals surface area contributed by atoms with Crippen molar-refractivity contribution in [3.8, 4) is 0 Å². The summed E-state index contributed by atoms with van der Waals surface area (Å²) in [5, 5.41) is 2.02. The minimum absolute atomic E-state index is 0.0661. The predicted molar refractivity (Wildman–Crippen MR) is 201 cm³/mol. The first-order chi connectivity index (χ1) is 23.5. The van der Waals surface area contributed by atoms with Gasteiger partial charge >= 0.3 is 0 Å². The number of rotatable bonds is 15. The van der Waals surface area contributed by atoms with Gasteiger partial charge in [-0.05, 0) is 32.6 Å². The molecule has 0 radical (unpaired) electrons. The van der Waals surface area contributed by atoms with Crippen molar-refractivity contribution < 1.29 is 28.2 Å². The Morgan fingerprint density at radius 3 is 1.59 bits per heavy atom. The molecule has 0 aliphatic carbocycles. The van der Waals surface area contributed by atoms with Gasteiger partial charge in [-0.15, -0.1) is 0 Å². The van der Waals surface area contributed by atoms with Crippen molar-refractivity contribution in [3.63, 3.8) is 0 Å². The first-order valence-corrected chi connectivity index (χ1v) is 23.0. The van der Waals surface area contributed by atoms with Crippen molar-refractivity contribution >= 4 is 32.5 Å². The molecule has 1 heterocycles. The Labute approximate surface area is 294 Å². The molecule has 0 unspecified atom stereocenters. The van der Waals surface area contributed by atoms with Crippen LogP contribution in [-0.4, -0.2) is 60.0 Å². The maximum atomic E-state index is 14.5. The number of carbonyl (C=O) groups excluding carboxylic acids is 1. The summed E-state index contributed by atoms with van der Waals surface area (Å²) in [5.74, 6) is -0.197. The Morgan fingerprint density at radius 2 is 1.12 bits per heavy atom. The number of carbonyl (C=O) groups is 1. The van der Waals surface area contributed by atoms with Gasteiger partial charge in [0.2, 0.25) is 0 Å². The number of hydrogen-bond donors (Lipinski definition) is 0. The third-order valence-electron chi connectivity index (χ3n) is 9.02. The van der Waals surface area contributed by atoms with Gasteiger partial charge < -0.3 is 23.4 Å². The van der Waals surface area contributed by atoms with Crippen molar-refractivity contribution in [2.45, 2.75) is 89.3 Å². The average molecular weight is 697 g/mol. The Hall–Kier alpha value is -3.22. The van der Waals surface area contributed by atoms with Crippen molar-refractivity contribution in [2.75, 3.05) is 13.2 Å². The Morgan fingerprint density at radius 1 is 0.653 bits per heavy atom. The van der Waals surface area contributed by atoms with Crippen LogP contribution in [0.1, 0.15) is 31.9 Å². The fraction of sp³-hybridized carbons (Fsp3) is 0.390. The highest BCUT2D eigenvalue weighted by atomic mass is 28.4. The number of hydrogen-bond acceptors (Lipinski definition) is 6.